The first-order valence-corrected chi connectivity index (χ1v) is 8.07. The van der Waals surface area contributed by atoms with Gasteiger partial charge in [0, 0.05) is 11.4 Å². The molecule has 0 saturated carbocycles. The molecule has 0 bridgehead atoms. The number of pyridine rings is 1. The third kappa shape index (κ3) is 4.57. The number of para-hydroxylation sites is 1. The second-order valence-electron chi connectivity index (χ2n) is 5.33. The van der Waals surface area contributed by atoms with E-state index in [1.807, 2.05) is 67.6 Å². The maximum absolute atomic E-state index is 12.2. The summed E-state index contributed by atoms with van der Waals surface area (Å²) in [5, 5.41) is 6.05. The predicted molar refractivity (Wildman–Crippen MR) is 99.5 cm³/mol. The molecule has 0 atom stereocenters. The molecule has 2 N–H and O–H groups in total. The van der Waals surface area contributed by atoms with Gasteiger partial charge in [0.25, 0.3) is 5.91 Å². The average Bonchev–Trinajstić information content (AvgIpc) is 2.65. The standard InChI is InChI=1S/C20H19N3O2/c1-2-25-18-11-8-16(9-12-18)22-17-10-13-19(21-14-17)20(24)23-15-6-4-3-5-7-15/h3-14,22H,2H2,1H3,(H,23,24). The summed E-state index contributed by atoms with van der Waals surface area (Å²) in [4.78, 5) is 16.4. The summed E-state index contributed by atoms with van der Waals surface area (Å²) in [6.45, 7) is 2.59. The normalized spacial score (nSPS) is 10.1. The molecule has 0 unspecified atom stereocenters. The molecule has 3 aromatic rings. The van der Waals surface area contributed by atoms with E-state index < -0.39 is 0 Å². The highest BCUT2D eigenvalue weighted by molar-refractivity contribution is 6.02. The second-order valence-corrected chi connectivity index (χ2v) is 5.33. The van der Waals surface area contributed by atoms with Gasteiger partial charge in [0.2, 0.25) is 0 Å². The predicted octanol–water partition coefficient (Wildman–Crippen LogP) is 4.48. The second kappa shape index (κ2) is 7.97. The average molecular weight is 333 g/mol. The number of ether oxygens (including phenoxy) is 1. The zero-order valence-corrected chi connectivity index (χ0v) is 13.9. The van der Waals surface area contributed by atoms with E-state index in [9.17, 15) is 4.79 Å². The quantitative estimate of drug-likeness (QED) is 0.698. The molecule has 1 amide bonds. The van der Waals surface area contributed by atoms with E-state index in [1.54, 1.807) is 12.3 Å². The molecule has 0 aliphatic carbocycles. The van der Waals surface area contributed by atoms with E-state index >= 15 is 0 Å². The van der Waals surface area contributed by atoms with Gasteiger partial charge in [-0.05, 0) is 55.5 Å². The lowest BCUT2D eigenvalue weighted by atomic mass is 10.2. The van der Waals surface area contributed by atoms with Gasteiger partial charge >= 0.3 is 0 Å². The maximum atomic E-state index is 12.2. The van der Waals surface area contributed by atoms with Crippen LogP contribution in [0.25, 0.3) is 0 Å². The van der Waals surface area contributed by atoms with Crippen molar-refractivity contribution in [3.05, 3.63) is 78.6 Å². The number of aromatic nitrogens is 1. The zero-order valence-electron chi connectivity index (χ0n) is 13.9. The van der Waals surface area contributed by atoms with Crippen LogP contribution < -0.4 is 15.4 Å². The molecular formula is C20H19N3O2. The lowest BCUT2D eigenvalue weighted by Crippen LogP contribution is -2.13. The molecule has 0 spiro atoms. The Morgan fingerprint density at radius 2 is 1.64 bits per heavy atom. The fourth-order valence-electron chi connectivity index (χ4n) is 2.29. The summed E-state index contributed by atoms with van der Waals surface area (Å²) in [6, 6.07) is 20.5. The number of carbonyl (C=O) groups is 1. The van der Waals surface area contributed by atoms with Gasteiger partial charge in [-0.3, -0.25) is 4.79 Å². The third-order valence-corrected chi connectivity index (χ3v) is 3.48. The number of hydrogen-bond donors (Lipinski definition) is 2. The zero-order chi connectivity index (χ0) is 17.5. The number of amides is 1. The van der Waals surface area contributed by atoms with Crippen LogP contribution in [0.1, 0.15) is 17.4 Å². The van der Waals surface area contributed by atoms with Crippen LogP contribution in [-0.4, -0.2) is 17.5 Å². The Balaban J connectivity index is 1.62. The first kappa shape index (κ1) is 16.5. The van der Waals surface area contributed by atoms with Gasteiger partial charge in [-0.15, -0.1) is 0 Å². The van der Waals surface area contributed by atoms with E-state index in [0.29, 0.717) is 12.3 Å². The minimum atomic E-state index is -0.237. The SMILES string of the molecule is CCOc1ccc(Nc2ccc(C(=O)Nc3ccccc3)nc2)cc1. The molecule has 0 aliphatic rings. The van der Waals surface area contributed by atoms with E-state index in [1.165, 1.54) is 0 Å². The van der Waals surface area contributed by atoms with Crippen molar-refractivity contribution in [3.8, 4) is 5.75 Å². The van der Waals surface area contributed by atoms with Gasteiger partial charge in [0.05, 0.1) is 18.5 Å². The molecule has 126 valence electrons. The number of nitrogens with one attached hydrogen (secondary N) is 2. The lowest BCUT2D eigenvalue weighted by Gasteiger charge is -2.09. The minimum Gasteiger partial charge on any atom is -0.494 e. The monoisotopic (exact) mass is 333 g/mol. The molecule has 25 heavy (non-hydrogen) atoms. The molecule has 5 heteroatoms. The van der Waals surface area contributed by atoms with Gasteiger partial charge in [-0.25, -0.2) is 4.98 Å². The van der Waals surface area contributed by atoms with Crippen molar-refractivity contribution in [3.63, 3.8) is 0 Å². The maximum Gasteiger partial charge on any atom is 0.274 e. The Hall–Kier alpha value is -3.34. The van der Waals surface area contributed by atoms with Crippen LogP contribution in [0, 0.1) is 0 Å². The summed E-state index contributed by atoms with van der Waals surface area (Å²) >= 11 is 0. The fraction of sp³-hybridized carbons (Fsp3) is 0.100. The smallest absolute Gasteiger partial charge is 0.274 e. The van der Waals surface area contributed by atoms with Gasteiger partial charge in [-0.1, -0.05) is 18.2 Å². The molecule has 0 aliphatic heterocycles. The third-order valence-electron chi connectivity index (χ3n) is 3.48. The van der Waals surface area contributed by atoms with Gasteiger partial charge in [0.1, 0.15) is 11.4 Å². The highest BCUT2D eigenvalue weighted by Crippen LogP contribution is 2.20. The topological polar surface area (TPSA) is 63.2 Å². The van der Waals surface area contributed by atoms with E-state index in [2.05, 4.69) is 15.6 Å². The minimum absolute atomic E-state index is 0.237. The summed E-state index contributed by atoms with van der Waals surface area (Å²) < 4.78 is 5.42. The molecule has 1 aromatic heterocycles. The molecule has 2 aromatic carbocycles. The first-order chi connectivity index (χ1) is 12.2. The van der Waals surface area contributed by atoms with Crippen LogP contribution in [0.4, 0.5) is 17.1 Å². The van der Waals surface area contributed by atoms with Crippen molar-refractivity contribution in [2.24, 2.45) is 0 Å². The highest BCUT2D eigenvalue weighted by atomic mass is 16.5. The van der Waals surface area contributed by atoms with Crippen LogP contribution in [0.5, 0.6) is 5.75 Å². The van der Waals surface area contributed by atoms with Gasteiger partial charge in [0.15, 0.2) is 0 Å². The largest absolute Gasteiger partial charge is 0.494 e. The van der Waals surface area contributed by atoms with Gasteiger partial charge < -0.3 is 15.4 Å². The van der Waals surface area contributed by atoms with Crippen LogP contribution in [0.3, 0.4) is 0 Å². The molecule has 0 fully saturated rings. The molecule has 0 radical (unpaired) electrons. The summed E-state index contributed by atoms with van der Waals surface area (Å²) in [5.41, 5.74) is 2.83. The van der Waals surface area contributed by atoms with Crippen molar-refractivity contribution < 1.29 is 9.53 Å². The van der Waals surface area contributed by atoms with Crippen LogP contribution in [0.15, 0.2) is 72.9 Å². The molecule has 0 saturated heterocycles. The number of nitrogens with zero attached hydrogens (tertiary/aromatic N) is 1. The van der Waals surface area contributed by atoms with Crippen molar-refractivity contribution in [1.29, 1.82) is 0 Å². The highest BCUT2D eigenvalue weighted by Gasteiger charge is 2.07. The molecule has 5 nitrogen and oxygen atoms in total. The van der Waals surface area contributed by atoms with Crippen LogP contribution in [0.2, 0.25) is 0 Å². The molecule has 1 heterocycles. The number of anilines is 3. The number of carbonyl (C=O) groups excluding carboxylic acids is 1. The van der Waals surface area contributed by atoms with Crippen molar-refractivity contribution >= 4 is 23.0 Å². The van der Waals surface area contributed by atoms with Crippen molar-refractivity contribution in [1.82, 2.24) is 4.98 Å². The van der Waals surface area contributed by atoms with Crippen molar-refractivity contribution in [2.45, 2.75) is 6.92 Å². The summed E-state index contributed by atoms with van der Waals surface area (Å²) in [7, 11) is 0. The van der Waals surface area contributed by atoms with E-state index in [-0.39, 0.29) is 5.91 Å². The molecular weight excluding hydrogens is 314 g/mol. The number of benzene rings is 2. The fourth-order valence-corrected chi connectivity index (χ4v) is 2.29. The van der Waals surface area contributed by atoms with E-state index in [0.717, 1.165) is 22.8 Å². The van der Waals surface area contributed by atoms with Crippen LogP contribution in [-0.2, 0) is 0 Å². The van der Waals surface area contributed by atoms with Gasteiger partial charge in [-0.2, -0.15) is 0 Å². The number of hydrogen-bond acceptors (Lipinski definition) is 4. The van der Waals surface area contributed by atoms with E-state index in [4.69, 9.17) is 4.74 Å². The lowest BCUT2D eigenvalue weighted by molar-refractivity contribution is 0.102. The Labute approximate surface area is 146 Å². The summed E-state index contributed by atoms with van der Waals surface area (Å²) in [6.07, 6.45) is 1.64. The molecule has 3 rings (SSSR count). The summed E-state index contributed by atoms with van der Waals surface area (Å²) in [5.74, 6) is 0.595. The van der Waals surface area contributed by atoms with Crippen LogP contribution >= 0.6 is 0 Å². The Morgan fingerprint density at radius 3 is 2.28 bits per heavy atom. The number of rotatable bonds is 6. The van der Waals surface area contributed by atoms with Crippen molar-refractivity contribution in [2.75, 3.05) is 17.2 Å². The Morgan fingerprint density at radius 1 is 0.920 bits per heavy atom. The first-order valence-electron chi connectivity index (χ1n) is 8.07. The Bertz CT molecular complexity index is 816. The Kier molecular flexibility index (Phi) is 5.26.